The molecule has 0 saturated carbocycles. The molecule has 1 aromatic rings. The van der Waals surface area contributed by atoms with Crippen LogP contribution < -0.4 is 10.1 Å². The van der Waals surface area contributed by atoms with Crippen LogP contribution in [0.25, 0.3) is 0 Å². The van der Waals surface area contributed by atoms with Gasteiger partial charge in [-0.3, -0.25) is 0 Å². The molecule has 1 N–H and O–H groups in total. The first kappa shape index (κ1) is 14.4. The van der Waals surface area contributed by atoms with E-state index in [4.69, 9.17) is 9.47 Å². The molecule has 2 unspecified atom stereocenters. The smallest absolute Gasteiger partial charge is 0.119 e. The van der Waals surface area contributed by atoms with Gasteiger partial charge in [0.2, 0.25) is 0 Å². The maximum absolute atomic E-state index is 5.96. The van der Waals surface area contributed by atoms with E-state index in [1.165, 1.54) is 5.56 Å². The SMILES string of the molecule is CCCOc1ccc(C2CNC(C(C)C)CO2)cc1. The van der Waals surface area contributed by atoms with Gasteiger partial charge in [-0.1, -0.05) is 32.9 Å². The standard InChI is InChI=1S/C16H25NO2/c1-4-9-18-14-7-5-13(6-8-14)16-10-17-15(11-19-16)12(2)3/h5-8,12,15-17H,4,9-11H2,1-3H3. The molecule has 106 valence electrons. The largest absolute Gasteiger partial charge is 0.494 e. The van der Waals surface area contributed by atoms with Gasteiger partial charge in [0.15, 0.2) is 0 Å². The fraction of sp³-hybridized carbons (Fsp3) is 0.625. The summed E-state index contributed by atoms with van der Waals surface area (Å²) in [7, 11) is 0. The summed E-state index contributed by atoms with van der Waals surface area (Å²) in [5.74, 6) is 1.56. The number of hydrogen-bond donors (Lipinski definition) is 1. The van der Waals surface area contributed by atoms with Gasteiger partial charge in [0.25, 0.3) is 0 Å². The second-order valence-electron chi connectivity index (χ2n) is 5.50. The van der Waals surface area contributed by atoms with E-state index in [1.54, 1.807) is 0 Å². The van der Waals surface area contributed by atoms with Crippen LogP contribution in [0.3, 0.4) is 0 Å². The summed E-state index contributed by atoms with van der Waals surface area (Å²) in [4.78, 5) is 0. The minimum absolute atomic E-state index is 0.162. The molecule has 3 heteroatoms. The first-order chi connectivity index (χ1) is 9.20. The van der Waals surface area contributed by atoms with Crippen LogP contribution in [0, 0.1) is 5.92 Å². The topological polar surface area (TPSA) is 30.5 Å². The van der Waals surface area contributed by atoms with E-state index >= 15 is 0 Å². The van der Waals surface area contributed by atoms with Crippen molar-refractivity contribution in [2.24, 2.45) is 5.92 Å². The Bertz CT molecular complexity index is 367. The molecule has 0 aliphatic carbocycles. The van der Waals surface area contributed by atoms with Gasteiger partial charge in [-0.2, -0.15) is 0 Å². The van der Waals surface area contributed by atoms with E-state index in [-0.39, 0.29) is 6.10 Å². The van der Waals surface area contributed by atoms with Crippen molar-refractivity contribution < 1.29 is 9.47 Å². The molecule has 0 radical (unpaired) electrons. The second kappa shape index (κ2) is 6.92. The molecule has 2 atom stereocenters. The Kier molecular flexibility index (Phi) is 5.23. The highest BCUT2D eigenvalue weighted by Crippen LogP contribution is 2.24. The van der Waals surface area contributed by atoms with Crippen LogP contribution in [0.15, 0.2) is 24.3 Å². The van der Waals surface area contributed by atoms with Crippen molar-refractivity contribution in [1.29, 1.82) is 0 Å². The average Bonchev–Trinajstić information content (AvgIpc) is 2.46. The second-order valence-corrected chi connectivity index (χ2v) is 5.50. The number of rotatable bonds is 5. The lowest BCUT2D eigenvalue weighted by molar-refractivity contribution is -0.00713. The van der Waals surface area contributed by atoms with Crippen molar-refractivity contribution in [2.75, 3.05) is 19.8 Å². The summed E-state index contributed by atoms with van der Waals surface area (Å²) < 4.78 is 11.5. The highest BCUT2D eigenvalue weighted by molar-refractivity contribution is 5.29. The summed E-state index contributed by atoms with van der Waals surface area (Å²) in [6.07, 6.45) is 1.20. The van der Waals surface area contributed by atoms with Gasteiger partial charge < -0.3 is 14.8 Å². The van der Waals surface area contributed by atoms with Crippen LogP contribution in [-0.4, -0.2) is 25.8 Å². The zero-order valence-corrected chi connectivity index (χ0v) is 12.2. The van der Waals surface area contributed by atoms with Gasteiger partial charge in [-0.15, -0.1) is 0 Å². The van der Waals surface area contributed by atoms with Crippen molar-refractivity contribution >= 4 is 0 Å². The quantitative estimate of drug-likeness (QED) is 0.885. The van der Waals surface area contributed by atoms with Crippen molar-refractivity contribution in [3.63, 3.8) is 0 Å². The predicted molar refractivity (Wildman–Crippen MR) is 77.5 cm³/mol. The van der Waals surface area contributed by atoms with Crippen LogP contribution in [0.5, 0.6) is 5.75 Å². The third-order valence-corrected chi connectivity index (χ3v) is 3.57. The molecular formula is C16H25NO2. The fourth-order valence-corrected chi connectivity index (χ4v) is 2.24. The number of hydrogen-bond acceptors (Lipinski definition) is 3. The molecular weight excluding hydrogens is 238 g/mol. The number of ether oxygens (including phenoxy) is 2. The molecule has 1 fully saturated rings. The van der Waals surface area contributed by atoms with Crippen LogP contribution in [0.4, 0.5) is 0 Å². The van der Waals surface area contributed by atoms with E-state index in [2.05, 4.69) is 38.2 Å². The normalized spacial score (nSPS) is 23.6. The zero-order chi connectivity index (χ0) is 13.7. The van der Waals surface area contributed by atoms with Gasteiger partial charge >= 0.3 is 0 Å². The van der Waals surface area contributed by atoms with Crippen LogP contribution in [0.1, 0.15) is 38.9 Å². The minimum atomic E-state index is 0.162. The molecule has 0 amide bonds. The van der Waals surface area contributed by atoms with Crippen LogP contribution in [0.2, 0.25) is 0 Å². The molecule has 1 heterocycles. The van der Waals surface area contributed by atoms with Gasteiger partial charge in [-0.25, -0.2) is 0 Å². The van der Waals surface area contributed by atoms with E-state index in [0.717, 1.165) is 31.9 Å². The Morgan fingerprint density at radius 1 is 1.32 bits per heavy atom. The maximum Gasteiger partial charge on any atom is 0.119 e. The molecule has 1 aliphatic heterocycles. The number of morpholine rings is 1. The molecule has 3 nitrogen and oxygen atoms in total. The third kappa shape index (κ3) is 3.95. The van der Waals surface area contributed by atoms with Gasteiger partial charge in [0.05, 0.1) is 19.3 Å². The van der Waals surface area contributed by atoms with Crippen molar-refractivity contribution in [3.05, 3.63) is 29.8 Å². The summed E-state index contributed by atoms with van der Waals surface area (Å²) >= 11 is 0. The van der Waals surface area contributed by atoms with Crippen molar-refractivity contribution in [1.82, 2.24) is 5.32 Å². The Morgan fingerprint density at radius 3 is 2.58 bits per heavy atom. The Morgan fingerprint density at radius 2 is 2.05 bits per heavy atom. The van der Waals surface area contributed by atoms with E-state index in [9.17, 15) is 0 Å². The highest BCUT2D eigenvalue weighted by atomic mass is 16.5. The third-order valence-electron chi connectivity index (χ3n) is 3.57. The Balaban J connectivity index is 1.89. The molecule has 1 aliphatic rings. The Hall–Kier alpha value is -1.06. The first-order valence-corrected chi connectivity index (χ1v) is 7.28. The molecule has 0 spiro atoms. The Labute approximate surface area is 116 Å². The molecule has 0 bridgehead atoms. The fourth-order valence-electron chi connectivity index (χ4n) is 2.24. The lowest BCUT2D eigenvalue weighted by Gasteiger charge is -2.32. The minimum Gasteiger partial charge on any atom is -0.494 e. The van der Waals surface area contributed by atoms with Crippen LogP contribution >= 0.6 is 0 Å². The van der Waals surface area contributed by atoms with Gasteiger partial charge in [0.1, 0.15) is 5.75 Å². The van der Waals surface area contributed by atoms with Gasteiger partial charge in [0, 0.05) is 12.6 Å². The lowest BCUT2D eigenvalue weighted by Crippen LogP contribution is -2.45. The number of nitrogens with one attached hydrogen (secondary N) is 1. The monoisotopic (exact) mass is 263 g/mol. The molecule has 1 saturated heterocycles. The van der Waals surface area contributed by atoms with E-state index < -0.39 is 0 Å². The molecule has 1 aromatic carbocycles. The van der Waals surface area contributed by atoms with E-state index in [0.29, 0.717) is 12.0 Å². The van der Waals surface area contributed by atoms with Crippen molar-refractivity contribution in [2.45, 2.75) is 39.3 Å². The molecule has 0 aromatic heterocycles. The molecule has 19 heavy (non-hydrogen) atoms. The summed E-state index contributed by atoms with van der Waals surface area (Å²) in [6, 6.07) is 8.75. The summed E-state index contributed by atoms with van der Waals surface area (Å²) in [6.45, 7) is 9.01. The first-order valence-electron chi connectivity index (χ1n) is 7.28. The summed E-state index contributed by atoms with van der Waals surface area (Å²) in [5.41, 5.74) is 1.22. The van der Waals surface area contributed by atoms with Crippen molar-refractivity contribution in [3.8, 4) is 5.75 Å². The lowest BCUT2D eigenvalue weighted by atomic mass is 10.0. The average molecular weight is 263 g/mol. The van der Waals surface area contributed by atoms with Crippen LogP contribution in [-0.2, 0) is 4.74 Å². The highest BCUT2D eigenvalue weighted by Gasteiger charge is 2.23. The number of benzene rings is 1. The van der Waals surface area contributed by atoms with Gasteiger partial charge in [-0.05, 0) is 30.0 Å². The maximum atomic E-state index is 5.96. The summed E-state index contributed by atoms with van der Waals surface area (Å²) in [5, 5.41) is 3.56. The zero-order valence-electron chi connectivity index (χ0n) is 12.2. The van der Waals surface area contributed by atoms with E-state index in [1.807, 2.05) is 12.1 Å². The predicted octanol–water partition coefficient (Wildman–Crippen LogP) is 3.16. The molecule has 2 rings (SSSR count).